The Morgan fingerprint density at radius 3 is 2.61 bits per heavy atom. The molecule has 4 nitrogen and oxygen atoms in total. The molecule has 3 unspecified atom stereocenters. The van der Waals surface area contributed by atoms with Gasteiger partial charge < -0.3 is 0 Å². The first-order valence-corrected chi connectivity index (χ1v) is 8.26. The minimum atomic E-state index is -2.91. The Morgan fingerprint density at radius 2 is 2.06 bits per heavy atom. The lowest BCUT2D eigenvalue weighted by Crippen LogP contribution is -2.38. The van der Waals surface area contributed by atoms with E-state index in [1.165, 1.54) is 11.8 Å². The van der Waals surface area contributed by atoms with Crippen LogP contribution in [0.5, 0.6) is 0 Å². The van der Waals surface area contributed by atoms with Gasteiger partial charge in [-0.15, -0.1) is 0 Å². The zero-order valence-corrected chi connectivity index (χ0v) is 11.4. The van der Waals surface area contributed by atoms with Gasteiger partial charge in [0.15, 0.2) is 0 Å². The summed E-state index contributed by atoms with van der Waals surface area (Å²) in [6.45, 7) is 0. The molecule has 1 aromatic carbocycles. The minimum Gasteiger partial charge on any atom is -0.271 e. The summed E-state index contributed by atoms with van der Waals surface area (Å²) in [4.78, 5) is 0. The first kappa shape index (κ1) is 13.5. The van der Waals surface area contributed by atoms with E-state index in [9.17, 15) is 8.42 Å². The van der Waals surface area contributed by atoms with Gasteiger partial charge >= 0.3 is 0 Å². The van der Waals surface area contributed by atoms with Crippen molar-refractivity contribution in [2.45, 2.75) is 24.8 Å². The van der Waals surface area contributed by atoms with Crippen molar-refractivity contribution < 1.29 is 8.42 Å². The lowest BCUT2D eigenvalue weighted by molar-refractivity contribution is 0.453. The van der Waals surface area contributed by atoms with Crippen molar-refractivity contribution in [1.82, 2.24) is 5.43 Å². The van der Waals surface area contributed by atoms with Crippen LogP contribution >= 0.6 is 0 Å². The number of nitrogens with two attached hydrogens (primary N) is 1. The maximum atomic E-state index is 11.2. The summed E-state index contributed by atoms with van der Waals surface area (Å²) in [7, 11) is -2.91. The minimum absolute atomic E-state index is 0.0879. The highest BCUT2D eigenvalue weighted by Gasteiger charge is 2.43. The molecule has 0 aliphatic heterocycles. The summed E-state index contributed by atoms with van der Waals surface area (Å²) in [6.07, 6.45) is 2.94. The van der Waals surface area contributed by atoms with Gasteiger partial charge in [0.25, 0.3) is 0 Å². The molecule has 18 heavy (non-hydrogen) atoms. The summed E-state index contributed by atoms with van der Waals surface area (Å²) in [5.41, 5.74) is 4.09. The molecule has 1 fully saturated rings. The van der Waals surface area contributed by atoms with E-state index in [0.29, 0.717) is 18.3 Å². The molecule has 1 aliphatic rings. The van der Waals surface area contributed by atoms with Crippen LogP contribution in [0.15, 0.2) is 30.3 Å². The maximum Gasteiger partial charge on any atom is 0.147 e. The van der Waals surface area contributed by atoms with Crippen molar-refractivity contribution in [3.8, 4) is 0 Å². The second-order valence-electron chi connectivity index (χ2n) is 5.11. The van der Waals surface area contributed by atoms with E-state index in [1.54, 1.807) is 0 Å². The van der Waals surface area contributed by atoms with Crippen LogP contribution in [0.4, 0.5) is 0 Å². The normalized spacial score (nSPS) is 24.8. The first-order valence-electron chi connectivity index (χ1n) is 6.20. The van der Waals surface area contributed by atoms with Gasteiger partial charge in [-0.25, -0.2) is 8.42 Å². The Bertz CT molecular complexity index is 487. The summed E-state index contributed by atoms with van der Waals surface area (Å²) in [6, 6.07) is 10.4. The van der Waals surface area contributed by atoms with Crippen LogP contribution in [0.25, 0.3) is 0 Å². The van der Waals surface area contributed by atoms with Crippen LogP contribution in [-0.2, 0) is 9.84 Å². The molecule has 1 aliphatic carbocycles. The van der Waals surface area contributed by atoms with Crippen molar-refractivity contribution in [2.24, 2.45) is 11.8 Å². The van der Waals surface area contributed by atoms with Gasteiger partial charge in [0.2, 0.25) is 0 Å². The van der Waals surface area contributed by atoms with E-state index >= 15 is 0 Å². The maximum absolute atomic E-state index is 11.2. The monoisotopic (exact) mass is 268 g/mol. The molecule has 3 atom stereocenters. The fraction of sp³-hybridized carbons (Fsp3) is 0.538. The number of benzene rings is 1. The Hall–Kier alpha value is -0.910. The standard InChI is InChI=1S/C13H20N2O2S/c1-18(16,17)8-7-13(15-14)12-9-11(12)10-5-3-2-4-6-10/h2-6,11-13,15H,7-9,14H2,1H3. The van der Waals surface area contributed by atoms with Crippen LogP contribution in [0.2, 0.25) is 0 Å². The third-order valence-corrected chi connectivity index (χ3v) is 4.58. The molecule has 0 bridgehead atoms. The molecule has 100 valence electrons. The fourth-order valence-corrected chi connectivity index (χ4v) is 3.19. The highest BCUT2D eigenvalue weighted by Crippen LogP contribution is 2.49. The average molecular weight is 268 g/mol. The second-order valence-corrected chi connectivity index (χ2v) is 7.37. The van der Waals surface area contributed by atoms with Crippen LogP contribution in [-0.4, -0.2) is 26.5 Å². The van der Waals surface area contributed by atoms with Gasteiger partial charge in [0.05, 0.1) is 5.75 Å². The predicted octanol–water partition coefficient (Wildman–Crippen LogP) is 1.06. The van der Waals surface area contributed by atoms with E-state index in [-0.39, 0.29) is 11.8 Å². The highest BCUT2D eigenvalue weighted by atomic mass is 32.2. The SMILES string of the molecule is CS(=O)(=O)CCC(NN)C1CC1c1ccccc1. The smallest absolute Gasteiger partial charge is 0.147 e. The first-order chi connectivity index (χ1) is 8.51. The summed E-state index contributed by atoms with van der Waals surface area (Å²) in [5, 5.41) is 0. The lowest BCUT2D eigenvalue weighted by atomic mass is 10.0. The van der Waals surface area contributed by atoms with Crippen molar-refractivity contribution in [3.05, 3.63) is 35.9 Å². The third-order valence-electron chi connectivity index (χ3n) is 3.60. The van der Waals surface area contributed by atoms with Crippen molar-refractivity contribution >= 4 is 9.84 Å². The molecule has 1 saturated carbocycles. The summed E-state index contributed by atoms with van der Waals surface area (Å²) in [5.74, 6) is 6.71. The molecule has 2 rings (SSSR count). The van der Waals surface area contributed by atoms with E-state index in [2.05, 4.69) is 17.6 Å². The van der Waals surface area contributed by atoms with Crippen LogP contribution < -0.4 is 11.3 Å². The molecule has 5 heteroatoms. The lowest BCUT2D eigenvalue weighted by Gasteiger charge is -2.15. The summed E-state index contributed by atoms with van der Waals surface area (Å²) >= 11 is 0. The van der Waals surface area contributed by atoms with E-state index in [0.717, 1.165) is 6.42 Å². The molecule has 3 N–H and O–H groups in total. The number of hydrogen-bond acceptors (Lipinski definition) is 4. The molecule has 0 saturated heterocycles. The Kier molecular flexibility index (Phi) is 4.04. The molecule has 0 spiro atoms. The predicted molar refractivity (Wildman–Crippen MR) is 72.7 cm³/mol. The topological polar surface area (TPSA) is 72.2 Å². The third kappa shape index (κ3) is 3.54. The molecular formula is C13H20N2O2S. The van der Waals surface area contributed by atoms with Gasteiger partial charge in [-0.2, -0.15) is 0 Å². The van der Waals surface area contributed by atoms with Crippen molar-refractivity contribution in [2.75, 3.05) is 12.0 Å². The quantitative estimate of drug-likeness (QED) is 0.597. The molecule has 0 aromatic heterocycles. The van der Waals surface area contributed by atoms with Gasteiger partial charge in [-0.1, -0.05) is 30.3 Å². The molecule has 1 aromatic rings. The van der Waals surface area contributed by atoms with Crippen LogP contribution in [0.3, 0.4) is 0 Å². The molecule has 0 heterocycles. The van der Waals surface area contributed by atoms with Crippen molar-refractivity contribution in [3.63, 3.8) is 0 Å². The van der Waals surface area contributed by atoms with Gasteiger partial charge in [-0.3, -0.25) is 11.3 Å². The highest BCUT2D eigenvalue weighted by molar-refractivity contribution is 7.90. The van der Waals surface area contributed by atoms with Crippen molar-refractivity contribution in [1.29, 1.82) is 0 Å². The average Bonchev–Trinajstić information content (AvgIpc) is 3.10. The van der Waals surface area contributed by atoms with Gasteiger partial charge in [-0.05, 0) is 30.2 Å². The van der Waals surface area contributed by atoms with E-state index in [4.69, 9.17) is 5.84 Å². The van der Waals surface area contributed by atoms with Crippen LogP contribution in [0, 0.1) is 5.92 Å². The van der Waals surface area contributed by atoms with E-state index in [1.807, 2.05) is 18.2 Å². The van der Waals surface area contributed by atoms with E-state index < -0.39 is 9.84 Å². The second kappa shape index (κ2) is 5.38. The molecule has 0 radical (unpaired) electrons. The number of hydrazine groups is 1. The number of rotatable bonds is 6. The number of sulfone groups is 1. The Morgan fingerprint density at radius 1 is 1.39 bits per heavy atom. The largest absolute Gasteiger partial charge is 0.271 e. The van der Waals surface area contributed by atoms with Gasteiger partial charge in [0.1, 0.15) is 9.84 Å². The zero-order valence-electron chi connectivity index (χ0n) is 10.5. The van der Waals surface area contributed by atoms with Gasteiger partial charge in [0, 0.05) is 12.3 Å². The Balaban J connectivity index is 1.92. The van der Waals surface area contributed by atoms with Crippen LogP contribution in [0.1, 0.15) is 24.3 Å². The number of hydrogen-bond donors (Lipinski definition) is 2. The number of nitrogens with one attached hydrogen (secondary N) is 1. The fourth-order valence-electron chi connectivity index (χ4n) is 2.50. The zero-order chi connectivity index (χ0) is 13.2. The molecular weight excluding hydrogens is 248 g/mol. The Labute approximate surface area is 108 Å². The molecule has 0 amide bonds. The summed E-state index contributed by atoms with van der Waals surface area (Å²) < 4.78 is 22.4.